The van der Waals surface area contributed by atoms with Crippen LogP contribution in [0.25, 0.3) is 0 Å². The molecule has 0 spiro atoms. The fourth-order valence-electron chi connectivity index (χ4n) is 1.99. The van der Waals surface area contributed by atoms with Crippen LogP contribution >= 0.6 is 0 Å². The van der Waals surface area contributed by atoms with Crippen LogP contribution in [0.5, 0.6) is 11.5 Å². The van der Waals surface area contributed by atoms with Crippen molar-refractivity contribution in [3.05, 3.63) is 23.8 Å². The molecule has 1 aromatic carbocycles. The molecule has 1 aromatic rings. The Hall–Kier alpha value is -1.26. The Labute approximate surface area is 114 Å². The van der Waals surface area contributed by atoms with Gasteiger partial charge < -0.3 is 18.9 Å². The zero-order valence-corrected chi connectivity index (χ0v) is 12.4. The molecule has 0 bridgehead atoms. The third-order valence-corrected chi connectivity index (χ3v) is 3.94. The van der Waals surface area contributed by atoms with Gasteiger partial charge >= 0.3 is 0 Å². The van der Waals surface area contributed by atoms with Crippen LogP contribution in [0.15, 0.2) is 18.2 Å². The molecule has 0 radical (unpaired) electrons. The van der Waals surface area contributed by atoms with E-state index < -0.39 is 6.29 Å². The molecule has 1 fully saturated rings. The van der Waals surface area contributed by atoms with Crippen molar-refractivity contribution in [1.29, 1.82) is 0 Å². The lowest BCUT2D eigenvalue weighted by atomic mass is 9.90. The first kappa shape index (κ1) is 14.2. The van der Waals surface area contributed by atoms with Crippen LogP contribution in [-0.2, 0) is 9.47 Å². The minimum absolute atomic E-state index is 0.369. The largest absolute Gasteiger partial charge is 0.497 e. The minimum Gasteiger partial charge on any atom is -0.497 e. The Balaban J connectivity index is 2.38. The van der Waals surface area contributed by atoms with Gasteiger partial charge in [0.1, 0.15) is 11.5 Å². The normalized spacial score (nSPS) is 21.4. The van der Waals surface area contributed by atoms with Gasteiger partial charge in [-0.3, -0.25) is 0 Å². The maximum atomic E-state index is 6.03. The van der Waals surface area contributed by atoms with Crippen LogP contribution in [-0.4, -0.2) is 25.4 Å². The fraction of sp³-hybridized carbons (Fsp3) is 0.600. The molecular weight excluding hydrogens is 244 g/mol. The summed E-state index contributed by atoms with van der Waals surface area (Å²) in [6.45, 7) is 8.11. The summed E-state index contributed by atoms with van der Waals surface area (Å²) in [6.07, 6.45) is -0.449. The van der Waals surface area contributed by atoms with Gasteiger partial charge in [0.2, 0.25) is 0 Å². The van der Waals surface area contributed by atoms with Gasteiger partial charge in [-0.25, -0.2) is 0 Å². The number of benzene rings is 1. The third kappa shape index (κ3) is 2.42. The molecule has 1 aliphatic rings. The summed E-state index contributed by atoms with van der Waals surface area (Å²) < 4.78 is 22.7. The first-order chi connectivity index (χ1) is 8.80. The summed E-state index contributed by atoms with van der Waals surface area (Å²) in [5.41, 5.74) is 0.109. The van der Waals surface area contributed by atoms with Crippen molar-refractivity contribution in [2.45, 2.75) is 45.2 Å². The van der Waals surface area contributed by atoms with E-state index in [0.717, 1.165) is 17.1 Å². The van der Waals surface area contributed by atoms with Gasteiger partial charge in [-0.05, 0) is 45.9 Å². The summed E-state index contributed by atoms with van der Waals surface area (Å²) >= 11 is 0. The van der Waals surface area contributed by atoms with Crippen LogP contribution in [0.4, 0.5) is 0 Å². The van der Waals surface area contributed by atoms with Gasteiger partial charge in [-0.15, -0.1) is 0 Å². The smallest absolute Gasteiger partial charge is 0.189 e. The standard InChI is InChI=1S/C15H22O4/c1-14(2)15(3,4)19-13(18-14)11-9-10(16-5)7-8-12(11)17-6/h7-9,13H,1-6H3. The van der Waals surface area contributed by atoms with Gasteiger partial charge in [-0.1, -0.05) is 0 Å². The number of methoxy groups -OCH3 is 2. The number of ether oxygens (including phenoxy) is 4. The highest BCUT2D eigenvalue weighted by atomic mass is 16.7. The van der Waals surface area contributed by atoms with E-state index in [1.807, 2.05) is 45.9 Å². The van der Waals surface area contributed by atoms with Gasteiger partial charge in [0, 0.05) is 0 Å². The minimum atomic E-state index is -0.449. The topological polar surface area (TPSA) is 36.9 Å². The molecule has 0 aliphatic carbocycles. The van der Waals surface area contributed by atoms with Crippen molar-refractivity contribution in [2.75, 3.05) is 14.2 Å². The second-order valence-corrected chi connectivity index (χ2v) is 5.70. The Bertz CT molecular complexity index is 449. The summed E-state index contributed by atoms with van der Waals surface area (Å²) in [5, 5.41) is 0. The van der Waals surface area contributed by atoms with Gasteiger partial charge in [0.15, 0.2) is 6.29 Å². The van der Waals surface area contributed by atoms with Gasteiger partial charge in [0.25, 0.3) is 0 Å². The third-order valence-electron chi connectivity index (χ3n) is 3.94. The lowest BCUT2D eigenvalue weighted by Crippen LogP contribution is -2.41. The van der Waals surface area contributed by atoms with Crippen LogP contribution in [0.1, 0.15) is 39.5 Å². The maximum absolute atomic E-state index is 6.03. The van der Waals surface area contributed by atoms with Crippen LogP contribution in [0.3, 0.4) is 0 Å². The number of hydrogen-bond acceptors (Lipinski definition) is 4. The number of rotatable bonds is 3. The molecule has 1 heterocycles. The summed E-state index contributed by atoms with van der Waals surface area (Å²) in [5.74, 6) is 1.49. The molecule has 1 saturated heterocycles. The second-order valence-electron chi connectivity index (χ2n) is 5.70. The van der Waals surface area contributed by atoms with Gasteiger partial charge in [0.05, 0.1) is 31.0 Å². The lowest BCUT2D eigenvalue weighted by Gasteiger charge is -2.30. The highest BCUT2D eigenvalue weighted by Crippen LogP contribution is 2.47. The molecule has 1 aliphatic heterocycles. The summed E-state index contributed by atoms with van der Waals surface area (Å²) in [7, 11) is 3.27. The Morgan fingerprint density at radius 2 is 1.53 bits per heavy atom. The van der Waals surface area contributed by atoms with Crippen LogP contribution in [0.2, 0.25) is 0 Å². The molecule has 0 saturated carbocycles. The molecule has 2 rings (SSSR count). The monoisotopic (exact) mass is 266 g/mol. The van der Waals surface area contributed by atoms with E-state index in [9.17, 15) is 0 Å². The van der Waals surface area contributed by atoms with E-state index in [-0.39, 0.29) is 11.2 Å². The van der Waals surface area contributed by atoms with E-state index in [0.29, 0.717) is 0 Å². The molecule has 0 aromatic heterocycles. The molecule has 19 heavy (non-hydrogen) atoms. The molecule has 4 nitrogen and oxygen atoms in total. The van der Waals surface area contributed by atoms with Crippen molar-refractivity contribution in [2.24, 2.45) is 0 Å². The summed E-state index contributed by atoms with van der Waals surface area (Å²) in [6, 6.07) is 5.60. The zero-order chi connectivity index (χ0) is 14.3. The van der Waals surface area contributed by atoms with Crippen LogP contribution in [0, 0.1) is 0 Å². The molecule has 4 heteroatoms. The average molecular weight is 266 g/mol. The molecule has 0 unspecified atom stereocenters. The quantitative estimate of drug-likeness (QED) is 0.841. The SMILES string of the molecule is COc1ccc(OC)c(C2OC(C)(C)C(C)(C)O2)c1. The highest BCUT2D eigenvalue weighted by Gasteiger charge is 2.50. The predicted molar refractivity (Wildman–Crippen MR) is 72.6 cm³/mol. The Morgan fingerprint density at radius 3 is 2.00 bits per heavy atom. The van der Waals surface area contributed by atoms with E-state index >= 15 is 0 Å². The van der Waals surface area contributed by atoms with Gasteiger partial charge in [-0.2, -0.15) is 0 Å². The van der Waals surface area contributed by atoms with Crippen molar-refractivity contribution in [1.82, 2.24) is 0 Å². The first-order valence-electron chi connectivity index (χ1n) is 6.38. The molecule has 106 valence electrons. The molecule has 0 N–H and O–H groups in total. The average Bonchev–Trinajstić information content (AvgIpc) is 2.57. The van der Waals surface area contributed by atoms with Crippen LogP contribution < -0.4 is 9.47 Å². The molecule has 0 atom stereocenters. The second kappa shape index (κ2) is 4.69. The molecule has 0 amide bonds. The van der Waals surface area contributed by atoms with Crippen molar-refractivity contribution in [3.8, 4) is 11.5 Å². The lowest BCUT2D eigenvalue weighted by molar-refractivity contribution is -0.0906. The summed E-state index contributed by atoms with van der Waals surface area (Å²) in [4.78, 5) is 0. The van der Waals surface area contributed by atoms with E-state index in [2.05, 4.69) is 0 Å². The zero-order valence-electron chi connectivity index (χ0n) is 12.4. The Morgan fingerprint density at radius 1 is 0.947 bits per heavy atom. The number of hydrogen-bond donors (Lipinski definition) is 0. The highest BCUT2D eigenvalue weighted by molar-refractivity contribution is 5.41. The van der Waals surface area contributed by atoms with Crippen molar-refractivity contribution < 1.29 is 18.9 Å². The first-order valence-corrected chi connectivity index (χ1v) is 6.38. The van der Waals surface area contributed by atoms with E-state index in [1.54, 1.807) is 14.2 Å². The predicted octanol–water partition coefficient (Wildman–Crippen LogP) is 3.31. The van der Waals surface area contributed by atoms with Crippen molar-refractivity contribution >= 4 is 0 Å². The fourth-order valence-corrected chi connectivity index (χ4v) is 1.99. The maximum Gasteiger partial charge on any atom is 0.189 e. The van der Waals surface area contributed by atoms with Crippen molar-refractivity contribution in [3.63, 3.8) is 0 Å². The van der Waals surface area contributed by atoms with E-state index in [1.165, 1.54) is 0 Å². The molecular formula is C15H22O4. The Kier molecular flexibility index (Phi) is 3.49. The van der Waals surface area contributed by atoms with E-state index in [4.69, 9.17) is 18.9 Å².